The zero-order chi connectivity index (χ0) is 17.6. The minimum atomic E-state index is -4.20. The molecule has 122 valence electrons. The third-order valence-electron chi connectivity index (χ3n) is 2.75. The van der Waals surface area contributed by atoms with Crippen molar-refractivity contribution in [2.45, 2.75) is 11.8 Å². The van der Waals surface area contributed by atoms with Crippen LogP contribution in [0.2, 0.25) is 0 Å². The van der Waals surface area contributed by atoms with Crippen molar-refractivity contribution in [3.8, 4) is 11.8 Å². The first kappa shape index (κ1) is 17.2. The fraction of sp³-hybridized carbons (Fsp3) is 0.0625. The number of nitrogens with zero attached hydrogens (tertiary/aromatic N) is 2. The summed E-state index contributed by atoms with van der Waals surface area (Å²) in [4.78, 5) is 10.6. The van der Waals surface area contributed by atoms with Gasteiger partial charge in [-0.2, -0.15) is 13.7 Å². The molecule has 0 saturated heterocycles. The van der Waals surface area contributed by atoms with Gasteiger partial charge in [0.1, 0.15) is 16.7 Å². The van der Waals surface area contributed by atoms with Crippen molar-refractivity contribution in [3.05, 3.63) is 60.2 Å². The van der Waals surface area contributed by atoms with Gasteiger partial charge in [0, 0.05) is 12.5 Å². The summed E-state index contributed by atoms with van der Waals surface area (Å²) in [6, 6.07) is 15.1. The van der Waals surface area contributed by atoms with Gasteiger partial charge in [-0.25, -0.2) is 0 Å². The van der Waals surface area contributed by atoms with E-state index in [1.165, 1.54) is 31.2 Å². The Balaban J connectivity index is 2.20. The molecular formula is C16H12N2O5S. The van der Waals surface area contributed by atoms with Gasteiger partial charge in [0.15, 0.2) is 5.71 Å². The Hall–Kier alpha value is -3.18. The quantitative estimate of drug-likeness (QED) is 0.356. The van der Waals surface area contributed by atoms with E-state index in [9.17, 15) is 13.2 Å². The Kier molecular flexibility index (Phi) is 5.29. The van der Waals surface area contributed by atoms with E-state index >= 15 is 0 Å². The average Bonchev–Trinajstić information content (AvgIpc) is 2.56. The molecule has 0 fully saturated rings. The highest BCUT2D eigenvalue weighted by Gasteiger charge is 2.17. The predicted octanol–water partition coefficient (Wildman–Crippen LogP) is 2.25. The van der Waals surface area contributed by atoms with Crippen LogP contribution < -0.4 is 4.74 Å². The van der Waals surface area contributed by atoms with E-state index in [4.69, 9.17) is 10.00 Å². The number of oxime groups is 1. The van der Waals surface area contributed by atoms with Crippen LogP contribution in [0.4, 0.5) is 0 Å². The van der Waals surface area contributed by atoms with Gasteiger partial charge < -0.3 is 4.74 Å². The van der Waals surface area contributed by atoms with Crippen LogP contribution in [0.5, 0.6) is 5.75 Å². The van der Waals surface area contributed by atoms with Gasteiger partial charge >= 0.3 is 16.1 Å². The lowest BCUT2D eigenvalue weighted by molar-refractivity contribution is -0.131. The molecule has 2 aromatic rings. The molecule has 0 spiro atoms. The summed E-state index contributed by atoms with van der Waals surface area (Å²) in [6.45, 7) is 1.23. The Morgan fingerprint density at radius 3 is 2.25 bits per heavy atom. The first-order valence-corrected chi connectivity index (χ1v) is 8.09. The van der Waals surface area contributed by atoms with Gasteiger partial charge in [-0.1, -0.05) is 35.5 Å². The second kappa shape index (κ2) is 7.39. The van der Waals surface area contributed by atoms with Gasteiger partial charge in [0.05, 0.1) is 0 Å². The maximum Gasteiger partial charge on any atom is 0.358 e. The Labute approximate surface area is 138 Å². The number of nitriles is 1. The number of benzene rings is 2. The van der Waals surface area contributed by atoms with Crippen LogP contribution >= 0.6 is 0 Å². The van der Waals surface area contributed by atoms with Crippen molar-refractivity contribution in [2.24, 2.45) is 5.16 Å². The fourth-order valence-corrected chi connectivity index (χ4v) is 2.43. The predicted molar refractivity (Wildman–Crippen MR) is 84.6 cm³/mol. The van der Waals surface area contributed by atoms with Crippen molar-refractivity contribution in [2.75, 3.05) is 0 Å². The summed E-state index contributed by atoms with van der Waals surface area (Å²) < 4.78 is 33.5. The second-order valence-corrected chi connectivity index (χ2v) is 6.04. The number of hydrogen-bond donors (Lipinski definition) is 0. The zero-order valence-electron chi connectivity index (χ0n) is 12.5. The first-order chi connectivity index (χ1) is 11.4. The van der Waals surface area contributed by atoms with Crippen LogP contribution in [0.1, 0.15) is 12.5 Å². The van der Waals surface area contributed by atoms with E-state index in [-0.39, 0.29) is 16.4 Å². The second-order valence-electron chi connectivity index (χ2n) is 4.51. The Morgan fingerprint density at radius 2 is 1.71 bits per heavy atom. The number of hydrogen-bond acceptors (Lipinski definition) is 7. The largest absolute Gasteiger partial charge is 0.427 e. The monoisotopic (exact) mass is 344 g/mol. The smallest absolute Gasteiger partial charge is 0.358 e. The molecule has 0 N–H and O–H groups in total. The fourth-order valence-electron chi connectivity index (χ4n) is 1.70. The molecule has 0 aromatic heterocycles. The lowest BCUT2D eigenvalue weighted by Gasteiger charge is -2.04. The lowest BCUT2D eigenvalue weighted by atomic mass is 10.1. The summed E-state index contributed by atoms with van der Waals surface area (Å²) in [6.07, 6.45) is 0. The van der Waals surface area contributed by atoms with Gasteiger partial charge in [0.2, 0.25) is 0 Å². The highest BCUT2D eigenvalue weighted by Crippen LogP contribution is 2.18. The molecule has 0 aliphatic heterocycles. The van der Waals surface area contributed by atoms with E-state index in [0.29, 0.717) is 5.56 Å². The molecule has 0 saturated carbocycles. The van der Waals surface area contributed by atoms with Crippen LogP contribution in [0.25, 0.3) is 0 Å². The first-order valence-electron chi connectivity index (χ1n) is 6.68. The van der Waals surface area contributed by atoms with E-state index in [0.717, 1.165) is 0 Å². The van der Waals surface area contributed by atoms with Crippen LogP contribution in [-0.4, -0.2) is 20.1 Å². The number of carbonyl (C=O) groups is 1. The normalized spacial score (nSPS) is 11.4. The molecule has 8 heteroatoms. The van der Waals surface area contributed by atoms with Crippen LogP contribution in [0.15, 0.2) is 64.6 Å². The van der Waals surface area contributed by atoms with Crippen molar-refractivity contribution in [1.82, 2.24) is 0 Å². The lowest BCUT2D eigenvalue weighted by Crippen LogP contribution is -2.06. The molecule has 0 aliphatic carbocycles. The Bertz CT molecular complexity index is 898. The van der Waals surface area contributed by atoms with Crippen LogP contribution in [-0.2, 0) is 19.2 Å². The molecule has 2 rings (SSSR count). The molecule has 0 aliphatic rings. The molecule has 0 radical (unpaired) electrons. The minimum absolute atomic E-state index is 0.171. The molecule has 24 heavy (non-hydrogen) atoms. The van der Waals surface area contributed by atoms with Crippen LogP contribution in [0.3, 0.4) is 0 Å². The molecular weight excluding hydrogens is 332 g/mol. The van der Waals surface area contributed by atoms with E-state index in [1.54, 1.807) is 36.4 Å². The number of rotatable bonds is 5. The van der Waals surface area contributed by atoms with Gasteiger partial charge in [-0.3, -0.25) is 9.08 Å². The topological polar surface area (TPSA) is 106 Å². The van der Waals surface area contributed by atoms with Gasteiger partial charge in [0.25, 0.3) is 0 Å². The van der Waals surface area contributed by atoms with Crippen molar-refractivity contribution in [3.63, 3.8) is 0 Å². The minimum Gasteiger partial charge on any atom is -0.427 e. The van der Waals surface area contributed by atoms with E-state index in [1.807, 2.05) is 0 Å². The molecule has 0 unspecified atom stereocenters. The standard InChI is InChI=1S/C16H12N2O5S/c1-12(19)22-14-7-9-15(10-8-14)24(20,21)23-18-16(11-17)13-5-3-2-4-6-13/h2-10H,1H3. The van der Waals surface area contributed by atoms with E-state index < -0.39 is 16.1 Å². The third-order valence-corrected chi connectivity index (χ3v) is 3.87. The Morgan fingerprint density at radius 1 is 1.08 bits per heavy atom. The SMILES string of the molecule is CC(=O)Oc1ccc(S(=O)(=O)ON=C(C#N)c2ccccc2)cc1. The third kappa shape index (κ3) is 4.41. The summed E-state index contributed by atoms with van der Waals surface area (Å²) in [5, 5.41) is 12.5. The summed E-state index contributed by atoms with van der Waals surface area (Å²) in [7, 11) is -4.20. The maximum absolute atomic E-state index is 12.1. The number of carbonyl (C=O) groups excluding carboxylic acids is 1. The molecule has 2 aromatic carbocycles. The summed E-state index contributed by atoms with van der Waals surface area (Å²) >= 11 is 0. The van der Waals surface area contributed by atoms with Crippen molar-refractivity contribution >= 4 is 21.8 Å². The maximum atomic E-state index is 12.1. The molecule has 7 nitrogen and oxygen atoms in total. The molecule has 0 heterocycles. The van der Waals surface area contributed by atoms with Crippen molar-refractivity contribution < 1.29 is 22.2 Å². The van der Waals surface area contributed by atoms with Gasteiger partial charge in [-0.05, 0) is 24.3 Å². The van der Waals surface area contributed by atoms with E-state index in [2.05, 4.69) is 9.44 Å². The highest BCUT2D eigenvalue weighted by molar-refractivity contribution is 7.86. The molecule has 0 atom stereocenters. The van der Waals surface area contributed by atoms with Crippen molar-refractivity contribution in [1.29, 1.82) is 5.26 Å². The number of ether oxygens (including phenoxy) is 1. The zero-order valence-corrected chi connectivity index (χ0v) is 13.4. The molecule has 0 amide bonds. The highest BCUT2D eigenvalue weighted by atomic mass is 32.2. The molecule has 0 bridgehead atoms. The number of esters is 1. The summed E-state index contributed by atoms with van der Waals surface area (Å²) in [5.41, 5.74) is 0.260. The van der Waals surface area contributed by atoms with Gasteiger partial charge in [-0.15, -0.1) is 0 Å². The average molecular weight is 344 g/mol. The van der Waals surface area contributed by atoms with Crippen LogP contribution in [0, 0.1) is 11.3 Å². The summed E-state index contributed by atoms with van der Waals surface area (Å²) in [5.74, 6) is -0.320.